The highest BCUT2D eigenvalue weighted by Crippen LogP contribution is 2.27. The summed E-state index contributed by atoms with van der Waals surface area (Å²) in [4.78, 5) is 2.31. The highest BCUT2D eigenvalue weighted by Gasteiger charge is 2.20. The van der Waals surface area contributed by atoms with Gasteiger partial charge in [0.25, 0.3) is 0 Å². The zero-order chi connectivity index (χ0) is 12.3. The predicted molar refractivity (Wildman–Crippen MR) is 70.1 cm³/mol. The summed E-state index contributed by atoms with van der Waals surface area (Å²) >= 11 is 12.3. The number of nitrogens with zero attached hydrogens (tertiary/aromatic N) is 2. The van der Waals surface area contributed by atoms with Crippen LogP contribution in [-0.4, -0.2) is 18.0 Å². The maximum atomic E-state index is 8.84. The molecule has 17 heavy (non-hydrogen) atoms. The van der Waals surface area contributed by atoms with E-state index in [-0.39, 0.29) is 5.92 Å². The monoisotopic (exact) mass is 268 g/mol. The van der Waals surface area contributed by atoms with Gasteiger partial charge in [0.05, 0.1) is 6.07 Å². The molecule has 0 bridgehead atoms. The van der Waals surface area contributed by atoms with E-state index >= 15 is 0 Å². The number of halogens is 2. The summed E-state index contributed by atoms with van der Waals surface area (Å²) in [6, 6.07) is 7.92. The first-order valence-corrected chi connectivity index (χ1v) is 6.51. The van der Waals surface area contributed by atoms with Gasteiger partial charge in [-0.2, -0.15) is 5.26 Å². The summed E-state index contributed by atoms with van der Waals surface area (Å²) in [7, 11) is 0. The van der Waals surface area contributed by atoms with E-state index < -0.39 is 0 Å². The molecular formula is C13H14Cl2N2. The van der Waals surface area contributed by atoms with Crippen LogP contribution in [0.1, 0.15) is 18.4 Å². The number of benzene rings is 1. The molecule has 0 N–H and O–H groups in total. The molecule has 0 saturated carbocycles. The summed E-state index contributed by atoms with van der Waals surface area (Å²) in [6.45, 7) is 2.66. The van der Waals surface area contributed by atoms with Gasteiger partial charge in [0, 0.05) is 28.1 Å². The normalized spacial score (nSPS) is 17.9. The van der Waals surface area contributed by atoms with E-state index in [0.717, 1.165) is 48.1 Å². The Hall–Kier alpha value is -0.750. The molecule has 0 unspecified atom stereocenters. The Balaban J connectivity index is 2.01. The van der Waals surface area contributed by atoms with Crippen molar-refractivity contribution in [1.29, 1.82) is 5.26 Å². The van der Waals surface area contributed by atoms with E-state index in [1.807, 2.05) is 18.2 Å². The van der Waals surface area contributed by atoms with E-state index in [4.69, 9.17) is 28.5 Å². The number of rotatable bonds is 2. The second-order valence-electron chi connectivity index (χ2n) is 4.38. The van der Waals surface area contributed by atoms with Gasteiger partial charge < -0.3 is 0 Å². The minimum absolute atomic E-state index is 0.216. The Labute approximate surface area is 112 Å². The molecule has 1 aliphatic rings. The Bertz CT molecular complexity index is 411. The van der Waals surface area contributed by atoms with Crippen molar-refractivity contribution >= 4 is 23.2 Å². The van der Waals surface area contributed by atoms with Gasteiger partial charge in [-0.05, 0) is 38.1 Å². The van der Waals surface area contributed by atoms with Crippen molar-refractivity contribution in [2.75, 3.05) is 13.1 Å². The lowest BCUT2D eigenvalue weighted by molar-refractivity contribution is 0.198. The van der Waals surface area contributed by atoms with E-state index in [0.29, 0.717) is 0 Å². The van der Waals surface area contributed by atoms with Gasteiger partial charge in [-0.1, -0.05) is 29.3 Å². The Morgan fingerprint density at radius 2 is 1.82 bits per heavy atom. The first-order valence-electron chi connectivity index (χ1n) is 5.75. The van der Waals surface area contributed by atoms with Crippen molar-refractivity contribution in [2.24, 2.45) is 5.92 Å². The molecule has 1 heterocycles. The topological polar surface area (TPSA) is 27.0 Å². The fourth-order valence-electron chi connectivity index (χ4n) is 2.13. The van der Waals surface area contributed by atoms with Gasteiger partial charge in [0.2, 0.25) is 0 Å². The fraction of sp³-hybridized carbons (Fsp3) is 0.462. The van der Waals surface area contributed by atoms with Crippen LogP contribution in [0.4, 0.5) is 0 Å². The van der Waals surface area contributed by atoms with Crippen LogP contribution >= 0.6 is 23.2 Å². The van der Waals surface area contributed by atoms with Crippen LogP contribution in [0.25, 0.3) is 0 Å². The molecule has 0 aliphatic carbocycles. The number of hydrogen-bond acceptors (Lipinski definition) is 2. The van der Waals surface area contributed by atoms with Crippen LogP contribution in [0, 0.1) is 17.2 Å². The van der Waals surface area contributed by atoms with Gasteiger partial charge in [0.1, 0.15) is 0 Å². The first-order chi connectivity index (χ1) is 8.20. The third-order valence-electron chi connectivity index (χ3n) is 3.21. The third-order valence-corrected chi connectivity index (χ3v) is 3.92. The van der Waals surface area contributed by atoms with Crippen molar-refractivity contribution in [2.45, 2.75) is 19.4 Å². The molecule has 90 valence electrons. The molecular weight excluding hydrogens is 255 g/mol. The van der Waals surface area contributed by atoms with Crippen molar-refractivity contribution < 1.29 is 0 Å². The average Bonchev–Trinajstić information content (AvgIpc) is 2.35. The zero-order valence-corrected chi connectivity index (χ0v) is 11.0. The highest BCUT2D eigenvalue weighted by atomic mass is 35.5. The van der Waals surface area contributed by atoms with Gasteiger partial charge >= 0.3 is 0 Å². The van der Waals surface area contributed by atoms with Gasteiger partial charge in [-0.15, -0.1) is 0 Å². The summed E-state index contributed by atoms with van der Waals surface area (Å²) in [5, 5.41) is 10.3. The van der Waals surface area contributed by atoms with Crippen molar-refractivity contribution in [3.63, 3.8) is 0 Å². The molecule has 0 atom stereocenters. The van der Waals surface area contributed by atoms with Gasteiger partial charge in [-0.25, -0.2) is 0 Å². The van der Waals surface area contributed by atoms with Crippen LogP contribution in [0.2, 0.25) is 10.0 Å². The van der Waals surface area contributed by atoms with Crippen LogP contribution in [0.15, 0.2) is 18.2 Å². The van der Waals surface area contributed by atoms with Crippen LogP contribution in [0.3, 0.4) is 0 Å². The molecule has 1 fully saturated rings. The standard InChI is InChI=1S/C13H14Cl2N2/c14-12-2-1-3-13(15)11(12)9-17-6-4-10(8-16)5-7-17/h1-3,10H,4-7,9H2. The number of piperidine rings is 1. The molecule has 1 aromatic rings. The number of nitriles is 1. The maximum absolute atomic E-state index is 8.84. The van der Waals surface area contributed by atoms with Crippen LogP contribution < -0.4 is 0 Å². The minimum atomic E-state index is 0.216. The molecule has 1 aliphatic heterocycles. The quantitative estimate of drug-likeness (QED) is 0.818. The summed E-state index contributed by atoms with van der Waals surface area (Å²) in [6.07, 6.45) is 1.89. The molecule has 1 aromatic carbocycles. The molecule has 0 radical (unpaired) electrons. The number of hydrogen-bond donors (Lipinski definition) is 0. The first kappa shape index (κ1) is 12.7. The zero-order valence-electron chi connectivity index (χ0n) is 9.50. The van der Waals surface area contributed by atoms with Crippen molar-refractivity contribution in [3.05, 3.63) is 33.8 Å². The maximum Gasteiger partial charge on any atom is 0.0656 e. The Morgan fingerprint density at radius 1 is 1.24 bits per heavy atom. The molecule has 0 aromatic heterocycles. The van der Waals surface area contributed by atoms with E-state index in [1.165, 1.54) is 0 Å². The SMILES string of the molecule is N#CC1CCN(Cc2c(Cl)cccc2Cl)CC1. The summed E-state index contributed by atoms with van der Waals surface area (Å²) < 4.78 is 0. The van der Waals surface area contributed by atoms with Crippen LogP contribution in [0.5, 0.6) is 0 Å². The van der Waals surface area contributed by atoms with E-state index in [9.17, 15) is 0 Å². The van der Waals surface area contributed by atoms with Crippen molar-refractivity contribution in [3.8, 4) is 6.07 Å². The lowest BCUT2D eigenvalue weighted by atomic mass is 9.98. The molecule has 2 rings (SSSR count). The van der Waals surface area contributed by atoms with Gasteiger partial charge in [-0.3, -0.25) is 4.90 Å². The molecule has 0 spiro atoms. The lowest BCUT2D eigenvalue weighted by Gasteiger charge is -2.29. The second-order valence-corrected chi connectivity index (χ2v) is 5.19. The fourth-order valence-corrected chi connectivity index (χ4v) is 2.64. The molecule has 4 heteroatoms. The number of likely N-dealkylation sites (tertiary alicyclic amines) is 1. The third kappa shape index (κ3) is 3.13. The van der Waals surface area contributed by atoms with Gasteiger partial charge in [0.15, 0.2) is 0 Å². The van der Waals surface area contributed by atoms with E-state index in [2.05, 4.69) is 11.0 Å². The van der Waals surface area contributed by atoms with E-state index in [1.54, 1.807) is 0 Å². The van der Waals surface area contributed by atoms with Crippen LogP contribution in [-0.2, 0) is 6.54 Å². The molecule has 0 amide bonds. The summed E-state index contributed by atoms with van der Waals surface area (Å²) in [5.41, 5.74) is 0.992. The molecule has 1 saturated heterocycles. The highest BCUT2D eigenvalue weighted by molar-refractivity contribution is 6.35. The lowest BCUT2D eigenvalue weighted by Crippen LogP contribution is -2.32. The largest absolute Gasteiger partial charge is 0.299 e. The average molecular weight is 269 g/mol. The van der Waals surface area contributed by atoms with Crippen molar-refractivity contribution in [1.82, 2.24) is 4.90 Å². The smallest absolute Gasteiger partial charge is 0.0656 e. The Morgan fingerprint density at radius 3 is 2.35 bits per heavy atom. The second kappa shape index (κ2) is 5.73. The molecule has 2 nitrogen and oxygen atoms in total. The minimum Gasteiger partial charge on any atom is -0.299 e. The predicted octanol–water partition coefficient (Wildman–Crippen LogP) is 3.73. The summed E-state index contributed by atoms with van der Waals surface area (Å²) in [5.74, 6) is 0.216. The Kier molecular flexibility index (Phi) is 4.28.